The van der Waals surface area contributed by atoms with Crippen molar-refractivity contribution in [2.45, 2.75) is 19.4 Å². The summed E-state index contributed by atoms with van der Waals surface area (Å²) in [5.74, 6) is -0.0710. The molecule has 1 atom stereocenters. The number of aryl methyl sites for hydroxylation is 1. The van der Waals surface area contributed by atoms with Crippen LogP contribution in [0.25, 0.3) is 11.0 Å². The van der Waals surface area contributed by atoms with E-state index in [1.165, 1.54) is 18.2 Å². The number of halogens is 1. The van der Waals surface area contributed by atoms with E-state index >= 15 is 0 Å². The Morgan fingerprint density at radius 3 is 2.79 bits per heavy atom. The van der Waals surface area contributed by atoms with Crippen LogP contribution in [0.5, 0.6) is 5.75 Å². The minimum Gasteiger partial charge on any atom is -0.507 e. The average Bonchev–Trinajstić information content (AvgIpc) is 2.98. The van der Waals surface area contributed by atoms with E-state index in [-0.39, 0.29) is 23.4 Å². The van der Waals surface area contributed by atoms with Crippen molar-refractivity contribution in [2.75, 3.05) is 5.32 Å². The van der Waals surface area contributed by atoms with Crippen molar-refractivity contribution < 1.29 is 14.4 Å². The van der Waals surface area contributed by atoms with Gasteiger partial charge in [-0.15, -0.1) is 0 Å². The molecule has 0 bridgehead atoms. The van der Waals surface area contributed by atoms with Crippen LogP contribution >= 0.6 is 15.9 Å². The number of hydrogen-bond donors (Lipinski definition) is 2. The Balaban J connectivity index is 1.75. The summed E-state index contributed by atoms with van der Waals surface area (Å²) in [6, 6.07) is 16.2. The lowest BCUT2D eigenvalue weighted by Crippen LogP contribution is -2.15. The number of phenolic OH excluding ortho intramolecular Hbond substituents is 1. The van der Waals surface area contributed by atoms with Gasteiger partial charge in [0.05, 0.1) is 33.6 Å². The molecule has 8 nitrogen and oxygen atoms in total. The van der Waals surface area contributed by atoms with E-state index in [9.17, 15) is 20.0 Å². The number of nitro benzene ring substituents is 1. The summed E-state index contributed by atoms with van der Waals surface area (Å²) in [6.07, 6.45) is 0.276. The summed E-state index contributed by atoms with van der Waals surface area (Å²) in [4.78, 5) is 27.9. The molecular formula is C25H18BrN3O5. The number of phenols is 1. The molecule has 9 heteroatoms. The van der Waals surface area contributed by atoms with Crippen molar-refractivity contribution in [3.05, 3.63) is 102 Å². The summed E-state index contributed by atoms with van der Waals surface area (Å²) in [7, 11) is 0. The van der Waals surface area contributed by atoms with Gasteiger partial charge in [-0.25, -0.2) is 4.79 Å². The minimum absolute atomic E-state index is 0.0221. The highest BCUT2D eigenvalue weighted by Gasteiger charge is 2.26. The molecule has 4 aromatic rings. The van der Waals surface area contributed by atoms with Gasteiger partial charge in [0, 0.05) is 34.5 Å². The summed E-state index contributed by atoms with van der Waals surface area (Å²) < 4.78 is 6.37. The molecule has 2 heterocycles. The van der Waals surface area contributed by atoms with Gasteiger partial charge in [0.1, 0.15) is 5.75 Å². The number of nitrogens with one attached hydrogen (secondary N) is 1. The van der Waals surface area contributed by atoms with Crippen LogP contribution in [0, 0.1) is 17.0 Å². The number of benzene rings is 3. The van der Waals surface area contributed by atoms with Gasteiger partial charge >= 0.3 is 5.63 Å². The Morgan fingerprint density at radius 2 is 2.00 bits per heavy atom. The molecule has 0 saturated heterocycles. The van der Waals surface area contributed by atoms with E-state index in [2.05, 4.69) is 21.2 Å². The molecule has 1 aromatic heterocycles. The molecule has 0 unspecified atom stereocenters. The standard InChI is InChI=1S/C25H18BrN3O5/c1-13-9-23(31)34-25-17(13)6-8-22(30)24(25)21-12-19(14-3-2-4-16(10-14)29(32)33)28-20-11-15(26)5-7-18(20)27-21/h2-11,19,28,30H,12H2,1H3/t19-/m1/s1. The molecule has 0 fully saturated rings. The monoisotopic (exact) mass is 519 g/mol. The van der Waals surface area contributed by atoms with Crippen LogP contribution in [0.4, 0.5) is 17.1 Å². The zero-order chi connectivity index (χ0) is 24.0. The molecule has 0 amide bonds. The first-order chi connectivity index (χ1) is 16.3. The first kappa shape index (κ1) is 21.8. The van der Waals surface area contributed by atoms with Gasteiger partial charge in [0.15, 0.2) is 5.58 Å². The van der Waals surface area contributed by atoms with Crippen molar-refractivity contribution in [3.63, 3.8) is 0 Å². The molecular weight excluding hydrogens is 502 g/mol. The second-order valence-electron chi connectivity index (χ2n) is 8.06. The van der Waals surface area contributed by atoms with Gasteiger partial charge in [-0.1, -0.05) is 28.1 Å². The van der Waals surface area contributed by atoms with E-state index in [0.717, 1.165) is 15.7 Å². The predicted molar refractivity (Wildman–Crippen MR) is 133 cm³/mol. The molecule has 0 spiro atoms. The first-order valence-corrected chi connectivity index (χ1v) is 11.2. The highest BCUT2D eigenvalue weighted by molar-refractivity contribution is 9.10. The van der Waals surface area contributed by atoms with Crippen LogP contribution in [0.1, 0.15) is 29.2 Å². The number of anilines is 1. The van der Waals surface area contributed by atoms with Crippen LogP contribution in [0.3, 0.4) is 0 Å². The molecule has 0 saturated carbocycles. The third kappa shape index (κ3) is 3.94. The van der Waals surface area contributed by atoms with E-state index in [4.69, 9.17) is 9.41 Å². The predicted octanol–water partition coefficient (Wildman–Crippen LogP) is 6.16. The van der Waals surface area contributed by atoms with E-state index in [1.807, 2.05) is 18.2 Å². The fourth-order valence-electron chi connectivity index (χ4n) is 4.21. The average molecular weight is 520 g/mol. The smallest absolute Gasteiger partial charge is 0.336 e. The van der Waals surface area contributed by atoms with Crippen molar-refractivity contribution in [2.24, 2.45) is 4.99 Å². The molecule has 170 valence electrons. The first-order valence-electron chi connectivity index (χ1n) is 10.4. The van der Waals surface area contributed by atoms with Crippen molar-refractivity contribution >= 4 is 49.7 Å². The Kier molecular flexibility index (Phi) is 5.41. The fourth-order valence-corrected chi connectivity index (χ4v) is 4.57. The van der Waals surface area contributed by atoms with Gasteiger partial charge < -0.3 is 14.8 Å². The van der Waals surface area contributed by atoms with Gasteiger partial charge in [-0.05, 0) is 48.4 Å². The minimum atomic E-state index is -0.524. The summed E-state index contributed by atoms with van der Waals surface area (Å²) >= 11 is 3.48. The number of aromatic hydroxyl groups is 1. The van der Waals surface area contributed by atoms with Gasteiger partial charge in [0.25, 0.3) is 5.69 Å². The van der Waals surface area contributed by atoms with Gasteiger partial charge in [-0.3, -0.25) is 15.1 Å². The Bertz CT molecular complexity index is 1560. The Hall–Kier alpha value is -3.98. The highest BCUT2D eigenvalue weighted by atomic mass is 79.9. The zero-order valence-electron chi connectivity index (χ0n) is 17.9. The van der Waals surface area contributed by atoms with Crippen LogP contribution in [0.15, 0.2) is 79.3 Å². The SMILES string of the molecule is Cc1cc(=O)oc2c(C3=Nc4ccc(Br)cc4N[C@@H](c4cccc([N+](=O)[O-])c4)C3)c(O)ccc12. The van der Waals surface area contributed by atoms with Crippen LogP contribution in [-0.2, 0) is 0 Å². The van der Waals surface area contributed by atoms with Crippen LogP contribution in [0.2, 0.25) is 0 Å². The molecule has 3 aromatic carbocycles. The van der Waals surface area contributed by atoms with Gasteiger partial charge in [0.2, 0.25) is 0 Å². The topological polar surface area (TPSA) is 118 Å². The number of hydrogen-bond acceptors (Lipinski definition) is 7. The van der Waals surface area contributed by atoms with E-state index in [0.29, 0.717) is 27.9 Å². The number of nitro groups is 1. The number of fused-ring (bicyclic) bond motifs is 2. The zero-order valence-corrected chi connectivity index (χ0v) is 19.5. The number of rotatable bonds is 3. The Labute approximate surface area is 201 Å². The third-order valence-electron chi connectivity index (χ3n) is 5.81. The maximum absolute atomic E-state index is 12.2. The number of non-ortho nitro benzene ring substituents is 1. The second kappa shape index (κ2) is 8.42. The normalized spacial score (nSPS) is 15.2. The number of nitrogens with zero attached hydrogens (tertiary/aromatic N) is 2. The molecule has 1 aliphatic heterocycles. The maximum atomic E-state index is 12.2. The lowest BCUT2D eigenvalue weighted by Gasteiger charge is -2.20. The van der Waals surface area contributed by atoms with Crippen LogP contribution < -0.4 is 10.9 Å². The van der Waals surface area contributed by atoms with E-state index in [1.54, 1.807) is 31.2 Å². The summed E-state index contributed by atoms with van der Waals surface area (Å²) in [5, 5.41) is 26.3. The highest BCUT2D eigenvalue weighted by Crippen LogP contribution is 2.40. The molecule has 5 rings (SSSR count). The molecule has 2 N–H and O–H groups in total. The second-order valence-corrected chi connectivity index (χ2v) is 8.97. The largest absolute Gasteiger partial charge is 0.507 e. The van der Waals surface area contributed by atoms with Crippen molar-refractivity contribution in [1.29, 1.82) is 0 Å². The van der Waals surface area contributed by atoms with Gasteiger partial charge in [-0.2, -0.15) is 0 Å². The van der Waals surface area contributed by atoms with E-state index < -0.39 is 16.6 Å². The molecule has 0 aliphatic carbocycles. The lowest BCUT2D eigenvalue weighted by molar-refractivity contribution is -0.384. The molecule has 0 radical (unpaired) electrons. The fraction of sp³-hybridized carbons (Fsp3) is 0.120. The number of aliphatic imine (C=N–C) groups is 1. The quantitative estimate of drug-likeness (QED) is 0.190. The van der Waals surface area contributed by atoms with Crippen LogP contribution in [-0.4, -0.2) is 15.7 Å². The summed E-state index contributed by atoms with van der Waals surface area (Å²) in [5.41, 5.74) is 3.27. The molecule has 1 aliphatic rings. The molecule has 34 heavy (non-hydrogen) atoms. The Morgan fingerprint density at radius 1 is 1.18 bits per heavy atom. The maximum Gasteiger partial charge on any atom is 0.336 e. The van der Waals surface area contributed by atoms with Crippen molar-refractivity contribution in [1.82, 2.24) is 0 Å². The third-order valence-corrected chi connectivity index (χ3v) is 6.30. The van der Waals surface area contributed by atoms with Crippen molar-refractivity contribution in [3.8, 4) is 5.75 Å². The summed E-state index contributed by atoms with van der Waals surface area (Å²) in [6.45, 7) is 1.80. The lowest BCUT2D eigenvalue weighted by atomic mass is 9.94.